The van der Waals surface area contributed by atoms with Crippen molar-refractivity contribution < 1.29 is 22.7 Å². The number of carbonyl (C=O) groups is 1. The van der Waals surface area contributed by atoms with E-state index >= 15 is 0 Å². The molecule has 184 valence electrons. The van der Waals surface area contributed by atoms with Crippen molar-refractivity contribution in [2.75, 3.05) is 19.8 Å². The molecular formula is C24H34F3N3O3. The number of carbonyl (C=O) groups excluding carboxylic acids is 1. The van der Waals surface area contributed by atoms with Crippen LogP contribution in [0.2, 0.25) is 0 Å². The lowest BCUT2D eigenvalue weighted by Crippen LogP contribution is -2.46. The van der Waals surface area contributed by atoms with Crippen molar-refractivity contribution in [3.63, 3.8) is 0 Å². The van der Waals surface area contributed by atoms with E-state index in [-0.39, 0.29) is 42.6 Å². The van der Waals surface area contributed by atoms with E-state index in [1.54, 1.807) is 4.90 Å². The van der Waals surface area contributed by atoms with Crippen molar-refractivity contribution in [3.8, 4) is 0 Å². The van der Waals surface area contributed by atoms with Gasteiger partial charge in [-0.25, -0.2) is 0 Å². The number of nitrogens with one attached hydrogen (secondary N) is 1. The number of hydrogen-bond donors (Lipinski definition) is 1. The second-order valence-corrected chi connectivity index (χ2v) is 10.3. The van der Waals surface area contributed by atoms with Gasteiger partial charge in [0.1, 0.15) is 0 Å². The van der Waals surface area contributed by atoms with E-state index in [9.17, 15) is 22.8 Å². The summed E-state index contributed by atoms with van der Waals surface area (Å²) in [6.07, 6.45) is -1.98. The number of hydrogen-bond acceptors (Lipinski definition) is 4. The van der Waals surface area contributed by atoms with Crippen molar-refractivity contribution in [2.24, 2.45) is 23.7 Å². The Morgan fingerprint density at radius 3 is 2.64 bits per heavy atom. The summed E-state index contributed by atoms with van der Waals surface area (Å²) in [6, 6.07) is 2.26. The molecule has 33 heavy (non-hydrogen) atoms. The molecular weight excluding hydrogens is 435 g/mol. The molecule has 2 unspecified atom stereocenters. The van der Waals surface area contributed by atoms with Crippen molar-refractivity contribution in [2.45, 2.75) is 71.4 Å². The van der Waals surface area contributed by atoms with Crippen LogP contribution in [0.4, 0.5) is 13.2 Å². The lowest BCUT2D eigenvalue weighted by atomic mass is 9.85. The van der Waals surface area contributed by atoms with Crippen molar-refractivity contribution >= 4 is 5.91 Å². The number of halogens is 3. The van der Waals surface area contributed by atoms with Crippen molar-refractivity contribution in [1.29, 1.82) is 0 Å². The average Bonchev–Trinajstić information content (AvgIpc) is 3.18. The molecule has 2 fully saturated rings. The van der Waals surface area contributed by atoms with E-state index in [1.165, 1.54) is 4.57 Å². The van der Waals surface area contributed by atoms with Crippen LogP contribution in [-0.4, -0.2) is 47.2 Å². The van der Waals surface area contributed by atoms with Crippen LogP contribution in [0.25, 0.3) is 0 Å². The molecule has 0 spiro atoms. The molecule has 0 bridgehead atoms. The Morgan fingerprint density at radius 2 is 1.97 bits per heavy atom. The first-order chi connectivity index (χ1) is 15.5. The maximum atomic E-state index is 13.6. The number of alkyl halides is 3. The van der Waals surface area contributed by atoms with E-state index in [4.69, 9.17) is 4.74 Å². The highest BCUT2D eigenvalue weighted by atomic mass is 19.4. The van der Waals surface area contributed by atoms with Gasteiger partial charge < -0.3 is 19.5 Å². The van der Waals surface area contributed by atoms with Gasteiger partial charge >= 0.3 is 6.18 Å². The lowest BCUT2D eigenvalue weighted by Gasteiger charge is -2.34. The topological polar surface area (TPSA) is 63.6 Å². The van der Waals surface area contributed by atoms with Gasteiger partial charge in [0.2, 0.25) is 5.91 Å². The van der Waals surface area contributed by atoms with Gasteiger partial charge in [0, 0.05) is 49.5 Å². The van der Waals surface area contributed by atoms with Gasteiger partial charge in [-0.2, -0.15) is 13.2 Å². The van der Waals surface area contributed by atoms with Crippen molar-refractivity contribution in [3.05, 3.63) is 33.7 Å². The zero-order valence-corrected chi connectivity index (χ0v) is 19.5. The average molecular weight is 470 g/mol. The molecule has 6 nitrogen and oxygen atoms in total. The maximum Gasteiger partial charge on any atom is 0.416 e. The Bertz CT molecular complexity index is 930. The molecule has 5 atom stereocenters. The minimum Gasteiger partial charge on any atom is -0.381 e. The number of nitrogens with zero attached hydrogens (tertiary/aromatic N) is 2. The lowest BCUT2D eigenvalue weighted by molar-refractivity contribution is -0.139. The Labute approximate surface area is 192 Å². The highest BCUT2D eigenvalue weighted by Crippen LogP contribution is 2.39. The zero-order valence-electron chi connectivity index (χ0n) is 19.5. The van der Waals surface area contributed by atoms with Gasteiger partial charge in [0.25, 0.3) is 5.56 Å². The van der Waals surface area contributed by atoms with E-state index < -0.39 is 17.3 Å². The molecule has 4 rings (SSSR count). The summed E-state index contributed by atoms with van der Waals surface area (Å²) in [7, 11) is 0. The molecule has 1 aromatic rings. The molecule has 9 heteroatoms. The number of ether oxygens (including phenoxy) is 1. The third-order valence-electron chi connectivity index (χ3n) is 7.68. The van der Waals surface area contributed by atoms with E-state index in [2.05, 4.69) is 26.1 Å². The van der Waals surface area contributed by atoms with Crippen LogP contribution in [0.1, 0.15) is 51.3 Å². The molecule has 1 aliphatic carbocycles. The van der Waals surface area contributed by atoms with Gasteiger partial charge in [0.15, 0.2) is 0 Å². The van der Waals surface area contributed by atoms with E-state index in [0.717, 1.165) is 38.5 Å². The molecule has 1 N–H and O–H groups in total. The van der Waals surface area contributed by atoms with Crippen LogP contribution in [0.3, 0.4) is 0 Å². The maximum absolute atomic E-state index is 13.6. The SMILES string of the molecule is CC(C)C1C[C@@H](N[C@H]2CCOC[C@@H]2C)CC1C(=O)N1CCn2c(cc(C(F)(F)F)cc2=O)C1. The molecule has 3 heterocycles. The predicted octanol–water partition coefficient (Wildman–Crippen LogP) is 3.27. The summed E-state index contributed by atoms with van der Waals surface area (Å²) in [5, 5.41) is 3.77. The first-order valence-electron chi connectivity index (χ1n) is 12.0. The molecule has 1 saturated heterocycles. The van der Waals surface area contributed by atoms with Gasteiger partial charge in [-0.1, -0.05) is 20.8 Å². The van der Waals surface area contributed by atoms with Gasteiger partial charge in [-0.15, -0.1) is 0 Å². The molecule has 1 aromatic heterocycles. The Balaban J connectivity index is 1.49. The molecule has 2 aliphatic heterocycles. The zero-order chi connectivity index (χ0) is 23.9. The smallest absolute Gasteiger partial charge is 0.381 e. The fraction of sp³-hybridized carbons (Fsp3) is 0.750. The quantitative estimate of drug-likeness (QED) is 0.735. The van der Waals surface area contributed by atoms with Gasteiger partial charge in [0.05, 0.1) is 18.7 Å². The third kappa shape index (κ3) is 5.14. The number of amides is 1. The van der Waals surface area contributed by atoms with Crippen LogP contribution in [-0.2, 0) is 28.8 Å². The fourth-order valence-electron chi connectivity index (χ4n) is 5.78. The second-order valence-electron chi connectivity index (χ2n) is 10.3. The second kappa shape index (κ2) is 9.41. The number of rotatable bonds is 4. The van der Waals surface area contributed by atoms with Crippen LogP contribution in [0, 0.1) is 23.7 Å². The highest BCUT2D eigenvalue weighted by molar-refractivity contribution is 5.79. The Hall–Kier alpha value is -1.87. The number of fused-ring (bicyclic) bond motifs is 1. The van der Waals surface area contributed by atoms with E-state index in [0.29, 0.717) is 30.5 Å². The molecule has 3 aliphatic rings. The van der Waals surface area contributed by atoms with Crippen LogP contribution < -0.4 is 10.9 Å². The standard InChI is InChI=1S/C24H34F3N3O3/c1-14(2)19-10-17(28-21-4-7-33-13-15(21)3)11-20(19)23(32)29-5-6-30-18(12-29)8-16(9-22(30)31)24(25,26)27/h8-9,14-15,17,19-21,28H,4-7,10-13H2,1-3H3/t15-,17+,19?,20?,21-/m0/s1. The van der Waals surface area contributed by atoms with Gasteiger partial charge in [-0.3, -0.25) is 9.59 Å². The molecule has 1 saturated carbocycles. The largest absolute Gasteiger partial charge is 0.416 e. The summed E-state index contributed by atoms with van der Waals surface area (Å²) in [5.41, 5.74) is -1.37. The minimum absolute atomic E-state index is 0.00543. The summed E-state index contributed by atoms with van der Waals surface area (Å²) in [6.45, 7) is 8.52. The molecule has 0 aromatic carbocycles. The minimum atomic E-state index is -4.59. The first kappa shape index (κ1) is 24.3. The Morgan fingerprint density at radius 1 is 1.21 bits per heavy atom. The summed E-state index contributed by atoms with van der Waals surface area (Å²) in [4.78, 5) is 27.4. The normalized spacial score (nSPS) is 30.5. The van der Waals surface area contributed by atoms with E-state index in [1.807, 2.05) is 0 Å². The Kier molecular flexibility index (Phi) is 6.92. The first-order valence-corrected chi connectivity index (χ1v) is 12.0. The molecule has 1 amide bonds. The predicted molar refractivity (Wildman–Crippen MR) is 117 cm³/mol. The highest BCUT2D eigenvalue weighted by Gasteiger charge is 2.43. The van der Waals surface area contributed by atoms with Crippen LogP contribution >= 0.6 is 0 Å². The van der Waals surface area contributed by atoms with Crippen molar-refractivity contribution in [1.82, 2.24) is 14.8 Å². The fourth-order valence-corrected chi connectivity index (χ4v) is 5.78. The van der Waals surface area contributed by atoms with Crippen LogP contribution in [0.15, 0.2) is 16.9 Å². The molecule has 0 radical (unpaired) electrons. The van der Waals surface area contributed by atoms with Crippen LogP contribution in [0.5, 0.6) is 0 Å². The summed E-state index contributed by atoms with van der Waals surface area (Å²) >= 11 is 0. The van der Waals surface area contributed by atoms with Gasteiger partial charge in [-0.05, 0) is 43.1 Å². The third-order valence-corrected chi connectivity index (χ3v) is 7.68. The number of pyridine rings is 1. The summed E-state index contributed by atoms with van der Waals surface area (Å²) in [5.74, 6) is 0.798. The monoisotopic (exact) mass is 469 g/mol. The number of aromatic nitrogens is 1. The summed E-state index contributed by atoms with van der Waals surface area (Å²) < 4.78 is 46.5.